The molecular formula is C18H21N6OS+. The van der Waals surface area contributed by atoms with E-state index in [2.05, 4.69) is 20.0 Å². The van der Waals surface area contributed by atoms with E-state index in [1.165, 1.54) is 4.90 Å². The van der Waals surface area contributed by atoms with Crippen molar-refractivity contribution in [2.45, 2.75) is 13.6 Å². The van der Waals surface area contributed by atoms with Gasteiger partial charge in [0.1, 0.15) is 0 Å². The van der Waals surface area contributed by atoms with E-state index in [1.54, 1.807) is 17.1 Å². The largest absolute Gasteiger partial charge is 0.409 e. The van der Waals surface area contributed by atoms with Crippen molar-refractivity contribution in [3.8, 4) is 11.5 Å². The molecule has 0 amide bonds. The van der Waals surface area contributed by atoms with Crippen molar-refractivity contribution >= 4 is 18.2 Å². The summed E-state index contributed by atoms with van der Waals surface area (Å²) in [6.07, 6.45) is 3.56. The number of hydrogen-bond donors (Lipinski definition) is 1. The average molecular weight is 369 g/mol. The standard InChI is InChI=1S/C18H20N6OS/c1-14-5-2-3-6-15(14)16-21-24(18(26)25-16)13-22-9-11-23(12-10-22)17-19-7-4-8-20-17/h2-8H,9-13H2,1H3/p+1. The number of piperazine rings is 1. The molecule has 26 heavy (non-hydrogen) atoms. The summed E-state index contributed by atoms with van der Waals surface area (Å²) in [6, 6.07) is 9.87. The summed E-state index contributed by atoms with van der Waals surface area (Å²) in [5.74, 6) is 1.38. The van der Waals surface area contributed by atoms with E-state index < -0.39 is 0 Å². The minimum atomic E-state index is 0.421. The Hall–Kier alpha value is -2.58. The number of anilines is 1. The van der Waals surface area contributed by atoms with Gasteiger partial charge in [-0.3, -0.25) is 0 Å². The number of hydrogen-bond acceptors (Lipinski definition) is 6. The molecule has 3 aromatic rings. The van der Waals surface area contributed by atoms with E-state index in [0.717, 1.165) is 43.3 Å². The van der Waals surface area contributed by atoms with Crippen LogP contribution in [0, 0.1) is 11.8 Å². The van der Waals surface area contributed by atoms with E-state index in [0.29, 0.717) is 17.4 Å². The number of rotatable bonds is 4. The quantitative estimate of drug-likeness (QED) is 0.700. The van der Waals surface area contributed by atoms with Gasteiger partial charge in [-0.25, -0.2) is 9.97 Å². The topological polar surface area (TPSA) is 64.4 Å². The van der Waals surface area contributed by atoms with Crippen molar-refractivity contribution in [1.29, 1.82) is 0 Å². The van der Waals surface area contributed by atoms with E-state index in [1.807, 2.05) is 37.3 Å². The normalized spacial score (nSPS) is 15.3. The van der Waals surface area contributed by atoms with Gasteiger partial charge in [-0.1, -0.05) is 18.2 Å². The lowest BCUT2D eigenvalue weighted by atomic mass is 10.1. The first kappa shape index (κ1) is 16.9. The molecule has 0 unspecified atom stereocenters. The molecular weight excluding hydrogens is 348 g/mol. The molecule has 1 aliphatic heterocycles. The van der Waals surface area contributed by atoms with Gasteiger partial charge in [0.2, 0.25) is 11.8 Å². The summed E-state index contributed by atoms with van der Waals surface area (Å²) >= 11 is 5.37. The first-order valence-corrected chi connectivity index (χ1v) is 9.11. The van der Waals surface area contributed by atoms with Gasteiger partial charge in [0.05, 0.1) is 26.2 Å². The summed E-state index contributed by atoms with van der Waals surface area (Å²) in [4.78, 5) is 12.7. The van der Waals surface area contributed by atoms with Gasteiger partial charge in [-0.2, -0.15) is 4.68 Å². The van der Waals surface area contributed by atoms with Crippen molar-refractivity contribution in [3.63, 3.8) is 0 Å². The first-order valence-electron chi connectivity index (χ1n) is 8.70. The van der Waals surface area contributed by atoms with Crippen LogP contribution in [0.5, 0.6) is 0 Å². The van der Waals surface area contributed by atoms with Crippen LogP contribution >= 0.6 is 12.2 Å². The molecule has 0 bridgehead atoms. The van der Waals surface area contributed by atoms with Crippen molar-refractivity contribution in [2.75, 3.05) is 31.1 Å². The lowest BCUT2D eigenvalue weighted by Gasteiger charge is -2.31. The Morgan fingerprint density at radius 1 is 1.12 bits per heavy atom. The monoisotopic (exact) mass is 369 g/mol. The van der Waals surface area contributed by atoms with Crippen LogP contribution in [0.4, 0.5) is 5.95 Å². The van der Waals surface area contributed by atoms with Crippen LogP contribution in [-0.2, 0) is 6.67 Å². The predicted molar refractivity (Wildman–Crippen MR) is 100 cm³/mol. The van der Waals surface area contributed by atoms with Gasteiger partial charge >= 0.3 is 0 Å². The van der Waals surface area contributed by atoms with Crippen LogP contribution in [0.1, 0.15) is 5.56 Å². The molecule has 0 radical (unpaired) electrons. The van der Waals surface area contributed by atoms with Gasteiger partial charge in [-0.15, -0.1) is 5.10 Å². The number of nitrogens with zero attached hydrogens (tertiary/aromatic N) is 5. The molecule has 1 fully saturated rings. The lowest BCUT2D eigenvalue weighted by Crippen LogP contribution is -3.14. The van der Waals surface area contributed by atoms with Crippen LogP contribution in [0.25, 0.3) is 11.5 Å². The second-order valence-electron chi connectivity index (χ2n) is 6.43. The highest BCUT2D eigenvalue weighted by molar-refractivity contribution is 7.71. The summed E-state index contributed by atoms with van der Waals surface area (Å²) in [7, 11) is 0. The van der Waals surface area contributed by atoms with Crippen molar-refractivity contribution < 1.29 is 9.32 Å². The predicted octanol–water partition coefficient (Wildman–Crippen LogP) is 1.33. The maximum atomic E-state index is 5.74. The van der Waals surface area contributed by atoms with Crippen molar-refractivity contribution in [3.05, 3.63) is 53.1 Å². The third-order valence-corrected chi connectivity index (χ3v) is 4.95. The Morgan fingerprint density at radius 2 is 1.85 bits per heavy atom. The average Bonchev–Trinajstić information content (AvgIpc) is 3.04. The molecule has 8 heteroatoms. The molecule has 4 rings (SSSR count). The number of aromatic nitrogens is 4. The fraction of sp³-hybridized carbons (Fsp3) is 0.333. The van der Waals surface area contributed by atoms with Crippen LogP contribution in [0.15, 0.2) is 47.1 Å². The van der Waals surface area contributed by atoms with E-state index in [4.69, 9.17) is 16.6 Å². The zero-order chi connectivity index (χ0) is 17.9. The minimum absolute atomic E-state index is 0.421. The summed E-state index contributed by atoms with van der Waals surface area (Å²) in [5.41, 5.74) is 2.11. The van der Waals surface area contributed by atoms with Gasteiger partial charge in [0.25, 0.3) is 4.84 Å². The second-order valence-corrected chi connectivity index (χ2v) is 6.78. The molecule has 1 aliphatic rings. The molecule has 0 saturated carbocycles. The maximum Gasteiger partial charge on any atom is 0.292 e. The number of nitrogens with one attached hydrogen (secondary N) is 1. The Bertz CT molecular complexity index is 930. The number of aryl methyl sites for hydroxylation is 1. The Kier molecular flexibility index (Phi) is 4.77. The third kappa shape index (κ3) is 3.51. The van der Waals surface area contributed by atoms with Crippen molar-refractivity contribution in [2.24, 2.45) is 0 Å². The lowest BCUT2D eigenvalue weighted by molar-refractivity contribution is -0.924. The summed E-state index contributed by atoms with van der Waals surface area (Å²) in [5, 5.41) is 4.60. The number of quaternary nitrogens is 1. The molecule has 0 aliphatic carbocycles. The van der Waals surface area contributed by atoms with Crippen LogP contribution < -0.4 is 9.80 Å². The second kappa shape index (κ2) is 7.35. The minimum Gasteiger partial charge on any atom is -0.409 e. The smallest absolute Gasteiger partial charge is 0.292 e. The van der Waals surface area contributed by atoms with Gasteiger partial charge in [-0.05, 0) is 36.8 Å². The molecule has 3 heterocycles. The number of benzene rings is 1. The van der Waals surface area contributed by atoms with Crippen LogP contribution in [0.3, 0.4) is 0 Å². The zero-order valence-electron chi connectivity index (χ0n) is 14.6. The zero-order valence-corrected chi connectivity index (χ0v) is 15.4. The highest BCUT2D eigenvalue weighted by Gasteiger charge is 2.23. The summed E-state index contributed by atoms with van der Waals surface area (Å²) < 4.78 is 7.53. The fourth-order valence-corrected chi connectivity index (χ4v) is 3.36. The SMILES string of the molecule is Cc1ccccc1-c1nn(C[NH+]2CCN(c3ncccn3)CC2)c(=S)o1. The van der Waals surface area contributed by atoms with E-state index in [9.17, 15) is 0 Å². The molecule has 0 atom stereocenters. The molecule has 0 spiro atoms. The Labute approximate surface area is 156 Å². The van der Waals surface area contributed by atoms with Gasteiger partial charge in [0, 0.05) is 18.0 Å². The highest BCUT2D eigenvalue weighted by atomic mass is 32.1. The fourth-order valence-electron chi connectivity index (χ4n) is 3.18. The van der Waals surface area contributed by atoms with E-state index in [-0.39, 0.29) is 0 Å². The molecule has 1 N–H and O–H groups in total. The molecule has 134 valence electrons. The van der Waals surface area contributed by atoms with Crippen LogP contribution in [-0.4, -0.2) is 45.9 Å². The molecule has 1 aromatic carbocycles. The highest BCUT2D eigenvalue weighted by Crippen LogP contribution is 2.21. The Balaban J connectivity index is 1.43. The van der Waals surface area contributed by atoms with E-state index >= 15 is 0 Å². The molecule has 2 aromatic heterocycles. The summed E-state index contributed by atoms with van der Waals surface area (Å²) in [6.45, 7) is 6.53. The third-order valence-electron chi connectivity index (χ3n) is 4.66. The first-order chi connectivity index (χ1) is 12.7. The Morgan fingerprint density at radius 3 is 2.58 bits per heavy atom. The van der Waals surface area contributed by atoms with Gasteiger partial charge in [0.15, 0.2) is 6.67 Å². The molecule has 1 saturated heterocycles. The van der Waals surface area contributed by atoms with Crippen molar-refractivity contribution in [1.82, 2.24) is 19.7 Å². The molecule has 7 nitrogen and oxygen atoms in total. The van der Waals surface area contributed by atoms with Crippen LogP contribution in [0.2, 0.25) is 0 Å². The maximum absolute atomic E-state index is 5.74. The van der Waals surface area contributed by atoms with Gasteiger partial charge < -0.3 is 14.2 Å².